The maximum atomic E-state index is 6.36. The summed E-state index contributed by atoms with van der Waals surface area (Å²) >= 11 is 0. The summed E-state index contributed by atoms with van der Waals surface area (Å²) < 4.78 is 18.7. The number of hydrogen-bond acceptors (Lipinski definition) is 3. The summed E-state index contributed by atoms with van der Waals surface area (Å²) in [6, 6.07) is 0. The van der Waals surface area contributed by atoms with Crippen molar-refractivity contribution in [1.82, 2.24) is 0 Å². The Kier molecular flexibility index (Phi) is 54.3. The van der Waals surface area contributed by atoms with Gasteiger partial charge in [-0.3, -0.25) is 0 Å². The molecule has 0 aliphatic carbocycles. The Hall–Kier alpha value is -0.380. The van der Waals surface area contributed by atoms with Crippen molar-refractivity contribution in [2.75, 3.05) is 33.0 Å². The Morgan fingerprint density at radius 2 is 0.483 bits per heavy atom. The fraction of sp³-hybridized carbons (Fsp3) is 0.964. The minimum Gasteiger partial charge on any atom is -0.379 e. The van der Waals surface area contributed by atoms with Gasteiger partial charge in [0.2, 0.25) is 0 Å². The molecule has 0 aromatic rings. The van der Waals surface area contributed by atoms with Crippen molar-refractivity contribution in [2.45, 2.75) is 309 Å². The van der Waals surface area contributed by atoms with E-state index < -0.39 is 0 Å². The molecule has 3 nitrogen and oxygen atoms in total. The van der Waals surface area contributed by atoms with Gasteiger partial charge in [0.05, 0.1) is 13.2 Å². The maximum Gasteiger partial charge on any atom is 0.104 e. The van der Waals surface area contributed by atoms with Crippen molar-refractivity contribution in [2.24, 2.45) is 0 Å². The summed E-state index contributed by atoms with van der Waals surface area (Å²) in [5.41, 5.74) is 0. The fourth-order valence-electron chi connectivity index (χ4n) is 8.32. The molecule has 348 valence electrons. The lowest BCUT2D eigenvalue weighted by Gasteiger charge is -2.18. The summed E-state index contributed by atoms with van der Waals surface area (Å²) in [6.07, 6.45) is 65.8. The molecule has 0 aromatic carbocycles. The molecule has 1 unspecified atom stereocenters. The molecule has 0 N–H and O–H groups in total. The Morgan fingerprint density at radius 1 is 0.259 bits per heavy atom. The predicted molar refractivity (Wildman–Crippen MR) is 261 cm³/mol. The molecule has 58 heavy (non-hydrogen) atoms. The molecule has 3 heteroatoms. The average Bonchev–Trinajstić information content (AvgIpc) is 3.23. The van der Waals surface area contributed by atoms with Gasteiger partial charge in [-0.05, 0) is 44.9 Å². The predicted octanol–water partition coefficient (Wildman–Crippen LogP) is 19.2. The van der Waals surface area contributed by atoms with Crippen LogP contribution in [0.25, 0.3) is 0 Å². The zero-order valence-electron chi connectivity index (χ0n) is 40.6. The molecule has 0 aromatic heterocycles. The molecule has 0 heterocycles. The van der Waals surface area contributed by atoms with Gasteiger partial charge in [-0.2, -0.15) is 0 Å². The van der Waals surface area contributed by atoms with E-state index in [1.807, 2.05) is 0 Å². The first-order valence-electron chi connectivity index (χ1n) is 27.3. The van der Waals surface area contributed by atoms with E-state index in [2.05, 4.69) is 32.9 Å². The van der Waals surface area contributed by atoms with Gasteiger partial charge < -0.3 is 14.2 Å². The van der Waals surface area contributed by atoms with Crippen LogP contribution in [0.5, 0.6) is 0 Å². The van der Waals surface area contributed by atoms with Gasteiger partial charge in [0.1, 0.15) is 6.10 Å². The topological polar surface area (TPSA) is 27.7 Å². The molecule has 0 fully saturated rings. The highest BCUT2D eigenvalue weighted by molar-refractivity contribution is 4.81. The van der Waals surface area contributed by atoms with Crippen LogP contribution in [-0.4, -0.2) is 39.1 Å². The van der Waals surface area contributed by atoms with E-state index in [0.717, 1.165) is 26.2 Å². The van der Waals surface area contributed by atoms with Crippen LogP contribution in [0.15, 0.2) is 12.2 Å². The van der Waals surface area contributed by atoms with Crippen molar-refractivity contribution < 1.29 is 14.2 Å². The van der Waals surface area contributed by atoms with Crippen LogP contribution in [0.2, 0.25) is 0 Å². The third-order valence-electron chi connectivity index (χ3n) is 12.4. The van der Waals surface area contributed by atoms with Gasteiger partial charge in [0.15, 0.2) is 0 Å². The van der Waals surface area contributed by atoms with Crippen molar-refractivity contribution in [3.05, 3.63) is 12.2 Å². The number of allylic oxidation sites excluding steroid dienone is 2. The molecule has 0 saturated heterocycles. The van der Waals surface area contributed by atoms with Gasteiger partial charge >= 0.3 is 0 Å². The normalized spacial score (nSPS) is 12.4. The summed E-state index contributed by atoms with van der Waals surface area (Å²) in [5, 5.41) is 0. The molecular weight excluding hydrogens is 709 g/mol. The second-order valence-corrected chi connectivity index (χ2v) is 18.5. The number of ether oxygens (including phenoxy) is 3. The number of unbranched alkanes of at least 4 members (excludes halogenated alkanes) is 40. The summed E-state index contributed by atoms with van der Waals surface area (Å²) in [6.45, 7) is 10.9. The van der Waals surface area contributed by atoms with Crippen molar-refractivity contribution in [3.8, 4) is 0 Å². The number of rotatable bonds is 53. The van der Waals surface area contributed by atoms with E-state index >= 15 is 0 Å². The number of hydrogen-bond donors (Lipinski definition) is 0. The third kappa shape index (κ3) is 51.8. The quantitative estimate of drug-likeness (QED) is 0.0452. The first kappa shape index (κ1) is 57.6. The molecule has 0 saturated carbocycles. The molecule has 0 bridgehead atoms. The molecule has 0 aliphatic rings. The molecular formula is C55H110O3. The second-order valence-electron chi connectivity index (χ2n) is 18.5. The van der Waals surface area contributed by atoms with Gasteiger partial charge in [0.25, 0.3) is 0 Å². The van der Waals surface area contributed by atoms with E-state index in [9.17, 15) is 0 Å². The largest absolute Gasteiger partial charge is 0.379 e. The Balaban J connectivity index is 3.98. The lowest BCUT2D eigenvalue weighted by atomic mass is 10.0. The highest BCUT2D eigenvalue weighted by atomic mass is 16.6. The van der Waals surface area contributed by atoms with E-state index in [1.165, 1.54) is 276 Å². The van der Waals surface area contributed by atoms with Crippen LogP contribution < -0.4 is 0 Å². The first-order chi connectivity index (χ1) is 28.8. The molecule has 0 aliphatic heterocycles. The zero-order valence-corrected chi connectivity index (χ0v) is 40.6. The van der Waals surface area contributed by atoms with Crippen LogP contribution in [0.1, 0.15) is 303 Å². The molecule has 0 radical (unpaired) electrons. The van der Waals surface area contributed by atoms with Crippen LogP contribution in [-0.2, 0) is 14.2 Å². The lowest BCUT2D eigenvalue weighted by Crippen LogP contribution is -2.26. The fourth-order valence-corrected chi connectivity index (χ4v) is 8.32. The minimum absolute atomic E-state index is 0.0795. The Labute approximate surface area is 367 Å². The molecule has 0 amide bonds. The van der Waals surface area contributed by atoms with E-state index in [1.54, 1.807) is 0 Å². The van der Waals surface area contributed by atoms with Crippen LogP contribution in [0, 0.1) is 0 Å². The van der Waals surface area contributed by atoms with Gasteiger partial charge in [-0.1, -0.05) is 270 Å². The monoisotopic (exact) mass is 819 g/mol. The highest BCUT2D eigenvalue weighted by Gasteiger charge is 2.10. The summed E-state index contributed by atoms with van der Waals surface area (Å²) in [7, 11) is 0. The first-order valence-corrected chi connectivity index (χ1v) is 27.3. The van der Waals surface area contributed by atoms with E-state index in [4.69, 9.17) is 14.2 Å². The van der Waals surface area contributed by atoms with Crippen LogP contribution in [0.4, 0.5) is 0 Å². The minimum atomic E-state index is 0.0795. The Bertz CT molecular complexity index is 722. The van der Waals surface area contributed by atoms with Gasteiger partial charge in [0, 0.05) is 19.8 Å². The molecule has 1 atom stereocenters. The summed E-state index contributed by atoms with van der Waals surface area (Å²) in [4.78, 5) is 0. The van der Waals surface area contributed by atoms with Crippen LogP contribution in [0.3, 0.4) is 0 Å². The summed E-state index contributed by atoms with van der Waals surface area (Å²) in [5.74, 6) is 0. The standard InChI is InChI=1S/C55H110O3/c1-4-7-10-13-16-19-22-25-28-30-33-36-39-42-45-48-51-57-54-55(53-56-50-47-44-41-38-35-32-27-24-21-18-15-12-9-6-3)58-52-49-46-43-40-37-34-31-29-26-23-20-17-14-11-8-5-2/h26,29,55H,4-25,27-28,30-54H2,1-3H3/b29-26-. The average molecular weight is 819 g/mol. The SMILES string of the molecule is CCCCCCCC/C=C\CCCCCCCCOC(COCCCCCCCCCCCCCCCC)COCCCCCCCCCCCCCCCCCC. The second kappa shape index (κ2) is 54.6. The van der Waals surface area contributed by atoms with Crippen molar-refractivity contribution in [1.29, 1.82) is 0 Å². The van der Waals surface area contributed by atoms with E-state index in [0.29, 0.717) is 13.2 Å². The third-order valence-corrected chi connectivity index (χ3v) is 12.4. The van der Waals surface area contributed by atoms with Crippen LogP contribution >= 0.6 is 0 Å². The smallest absolute Gasteiger partial charge is 0.104 e. The van der Waals surface area contributed by atoms with E-state index in [-0.39, 0.29) is 6.10 Å². The van der Waals surface area contributed by atoms with Gasteiger partial charge in [-0.25, -0.2) is 0 Å². The highest BCUT2D eigenvalue weighted by Crippen LogP contribution is 2.16. The molecule has 0 rings (SSSR count). The van der Waals surface area contributed by atoms with Gasteiger partial charge in [-0.15, -0.1) is 0 Å². The lowest BCUT2D eigenvalue weighted by molar-refractivity contribution is -0.0616. The van der Waals surface area contributed by atoms with Crippen molar-refractivity contribution >= 4 is 0 Å². The molecule has 0 spiro atoms. The zero-order chi connectivity index (χ0) is 41.8. The maximum absolute atomic E-state index is 6.36. The Morgan fingerprint density at radius 3 is 0.759 bits per heavy atom. The van der Waals surface area contributed by atoms with Crippen molar-refractivity contribution in [3.63, 3.8) is 0 Å².